The van der Waals surface area contributed by atoms with E-state index in [2.05, 4.69) is 0 Å². The zero-order valence-corrected chi connectivity index (χ0v) is 10.5. The summed E-state index contributed by atoms with van der Waals surface area (Å²) in [5.41, 5.74) is 6.72. The molecule has 0 fully saturated rings. The third-order valence-corrected chi connectivity index (χ3v) is 2.69. The van der Waals surface area contributed by atoms with E-state index in [4.69, 9.17) is 15.2 Å². The first-order valence-corrected chi connectivity index (χ1v) is 5.62. The Morgan fingerprint density at radius 1 is 1.35 bits per heavy atom. The van der Waals surface area contributed by atoms with Crippen molar-refractivity contribution in [3.05, 3.63) is 23.8 Å². The van der Waals surface area contributed by atoms with Gasteiger partial charge in [0.25, 0.3) is 0 Å². The molecule has 17 heavy (non-hydrogen) atoms. The van der Waals surface area contributed by atoms with Gasteiger partial charge in [-0.1, -0.05) is 19.1 Å². The van der Waals surface area contributed by atoms with Crippen LogP contribution in [0, 0.1) is 0 Å². The third-order valence-electron chi connectivity index (χ3n) is 2.69. The van der Waals surface area contributed by atoms with Gasteiger partial charge >= 0.3 is 0 Å². The van der Waals surface area contributed by atoms with Gasteiger partial charge in [0.2, 0.25) is 0 Å². The first-order valence-electron chi connectivity index (χ1n) is 5.62. The van der Waals surface area contributed by atoms with Crippen LogP contribution in [0.15, 0.2) is 18.2 Å². The topological polar surface area (TPSA) is 61.6 Å². The molecule has 1 atom stereocenters. The monoisotopic (exact) mass is 237 g/mol. The molecule has 0 saturated heterocycles. The van der Waals surface area contributed by atoms with Crippen molar-refractivity contribution >= 4 is 5.78 Å². The normalized spacial score (nSPS) is 12.0. The molecule has 0 bridgehead atoms. The van der Waals surface area contributed by atoms with Gasteiger partial charge in [0.15, 0.2) is 11.5 Å². The fourth-order valence-electron chi connectivity index (χ4n) is 1.73. The summed E-state index contributed by atoms with van der Waals surface area (Å²) < 4.78 is 10.5. The highest BCUT2D eigenvalue weighted by Gasteiger charge is 2.16. The van der Waals surface area contributed by atoms with E-state index in [9.17, 15) is 4.79 Å². The summed E-state index contributed by atoms with van der Waals surface area (Å²) in [5, 5.41) is 0. The van der Waals surface area contributed by atoms with E-state index < -0.39 is 6.04 Å². The van der Waals surface area contributed by atoms with Crippen LogP contribution in [0.3, 0.4) is 0 Å². The lowest BCUT2D eigenvalue weighted by molar-refractivity contribution is -0.119. The highest BCUT2D eigenvalue weighted by atomic mass is 16.5. The largest absolute Gasteiger partial charge is 0.493 e. The van der Waals surface area contributed by atoms with E-state index >= 15 is 0 Å². The highest BCUT2D eigenvalue weighted by molar-refractivity contribution is 5.83. The maximum atomic E-state index is 11.5. The van der Waals surface area contributed by atoms with Gasteiger partial charge in [0.1, 0.15) is 5.78 Å². The number of hydrogen-bond donors (Lipinski definition) is 1. The van der Waals surface area contributed by atoms with Crippen LogP contribution in [0.5, 0.6) is 11.5 Å². The van der Waals surface area contributed by atoms with Gasteiger partial charge in [-0.25, -0.2) is 0 Å². The van der Waals surface area contributed by atoms with E-state index in [1.807, 2.05) is 25.1 Å². The number of nitrogens with two attached hydrogens (primary N) is 1. The van der Waals surface area contributed by atoms with Crippen LogP contribution >= 0.6 is 0 Å². The van der Waals surface area contributed by atoms with Crippen LogP contribution < -0.4 is 15.2 Å². The summed E-state index contributed by atoms with van der Waals surface area (Å²) >= 11 is 0. The molecule has 0 aliphatic heterocycles. The number of carbonyl (C=O) groups excluding carboxylic acids is 1. The molecule has 0 radical (unpaired) electrons. The van der Waals surface area contributed by atoms with Gasteiger partial charge in [-0.05, 0) is 18.1 Å². The quantitative estimate of drug-likeness (QED) is 0.815. The molecule has 0 aliphatic rings. The SMILES string of the molecule is CCC(=O)C(N)Cc1cccc(OC)c1OC. The Hall–Kier alpha value is -1.55. The minimum atomic E-state index is -0.485. The molecule has 0 aliphatic carbocycles. The van der Waals surface area contributed by atoms with E-state index in [-0.39, 0.29) is 5.78 Å². The molecule has 0 spiro atoms. The van der Waals surface area contributed by atoms with Crippen LogP contribution in [0.25, 0.3) is 0 Å². The molecule has 94 valence electrons. The van der Waals surface area contributed by atoms with Gasteiger partial charge < -0.3 is 15.2 Å². The van der Waals surface area contributed by atoms with Crippen molar-refractivity contribution < 1.29 is 14.3 Å². The van der Waals surface area contributed by atoms with Gasteiger partial charge in [-0.3, -0.25) is 4.79 Å². The number of hydrogen-bond acceptors (Lipinski definition) is 4. The molecule has 0 heterocycles. The molecule has 4 nitrogen and oxygen atoms in total. The Balaban J connectivity index is 2.94. The predicted octanol–water partition coefficient (Wildman–Crippen LogP) is 1.55. The number of rotatable bonds is 6. The van der Waals surface area contributed by atoms with Gasteiger partial charge in [-0.15, -0.1) is 0 Å². The van der Waals surface area contributed by atoms with Gasteiger partial charge in [-0.2, -0.15) is 0 Å². The fourth-order valence-corrected chi connectivity index (χ4v) is 1.73. The smallest absolute Gasteiger partial charge is 0.163 e. The van der Waals surface area contributed by atoms with Crippen molar-refractivity contribution in [1.29, 1.82) is 0 Å². The number of benzene rings is 1. The average Bonchev–Trinajstić information content (AvgIpc) is 2.37. The van der Waals surface area contributed by atoms with Crippen LogP contribution in [-0.4, -0.2) is 26.0 Å². The molecule has 1 aromatic carbocycles. The number of carbonyl (C=O) groups is 1. The zero-order valence-electron chi connectivity index (χ0n) is 10.5. The summed E-state index contributed by atoms with van der Waals surface area (Å²) in [5.74, 6) is 1.35. The summed E-state index contributed by atoms with van der Waals surface area (Å²) in [4.78, 5) is 11.5. The summed E-state index contributed by atoms with van der Waals surface area (Å²) in [6.45, 7) is 1.81. The number of ketones is 1. The Kier molecular flexibility index (Phi) is 4.97. The summed E-state index contributed by atoms with van der Waals surface area (Å²) in [7, 11) is 3.16. The molecule has 1 aromatic rings. The highest BCUT2D eigenvalue weighted by Crippen LogP contribution is 2.31. The zero-order chi connectivity index (χ0) is 12.8. The molecular formula is C13H19NO3. The van der Waals surface area contributed by atoms with Crippen molar-refractivity contribution in [2.45, 2.75) is 25.8 Å². The minimum Gasteiger partial charge on any atom is -0.493 e. The van der Waals surface area contributed by atoms with Crippen LogP contribution in [0.1, 0.15) is 18.9 Å². The first kappa shape index (κ1) is 13.5. The second kappa shape index (κ2) is 6.25. The number of ether oxygens (including phenoxy) is 2. The molecule has 0 saturated carbocycles. The van der Waals surface area contributed by atoms with Crippen molar-refractivity contribution in [2.75, 3.05) is 14.2 Å². The average molecular weight is 237 g/mol. The van der Waals surface area contributed by atoms with Crippen molar-refractivity contribution in [3.8, 4) is 11.5 Å². The maximum absolute atomic E-state index is 11.5. The van der Waals surface area contributed by atoms with Gasteiger partial charge in [0, 0.05) is 6.42 Å². The number of para-hydroxylation sites is 1. The second-order valence-electron chi connectivity index (χ2n) is 3.78. The molecule has 0 amide bonds. The molecule has 1 unspecified atom stereocenters. The second-order valence-corrected chi connectivity index (χ2v) is 3.78. The summed E-state index contributed by atoms with van der Waals surface area (Å²) in [6, 6.07) is 5.08. The third kappa shape index (κ3) is 3.20. The van der Waals surface area contributed by atoms with Gasteiger partial charge in [0.05, 0.1) is 20.3 Å². The molecule has 2 N–H and O–H groups in total. The molecule has 4 heteroatoms. The fraction of sp³-hybridized carbons (Fsp3) is 0.462. The molecule has 0 aromatic heterocycles. The van der Waals surface area contributed by atoms with Crippen LogP contribution in [0.2, 0.25) is 0 Å². The molecular weight excluding hydrogens is 218 g/mol. The lowest BCUT2D eigenvalue weighted by atomic mass is 10.0. The predicted molar refractivity (Wildman–Crippen MR) is 66.5 cm³/mol. The standard InChI is InChI=1S/C13H19NO3/c1-4-11(15)10(14)8-9-6-5-7-12(16-2)13(9)17-3/h5-7,10H,4,8,14H2,1-3H3. The molecule has 1 rings (SSSR count). The number of Topliss-reactive ketones (excluding diaryl/α,β-unsaturated/α-hetero) is 1. The van der Waals surface area contributed by atoms with Crippen molar-refractivity contribution in [1.82, 2.24) is 0 Å². The van der Waals surface area contributed by atoms with Crippen LogP contribution in [0.4, 0.5) is 0 Å². The Morgan fingerprint density at radius 2 is 2.06 bits per heavy atom. The van der Waals surface area contributed by atoms with Crippen LogP contribution in [-0.2, 0) is 11.2 Å². The maximum Gasteiger partial charge on any atom is 0.163 e. The minimum absolute atomic E-state index is 0.0508. The lowest BCUT2D eigenvalue weighted by Gasteiger charge is -2.15. The van der Waals surface area contributed by atoms with Crippen molar-refractivity contribution in [3.63, 3.8) is 0 Å². The Labute approximate surface area is 102 Å². The van der Waals surface area contributed by atoms with Crippen molar-refractivity contribution in [2.24, 2.45) is 5.73 Å². The van der Waals surface area contributed by atoms with E-state index in [1.54, 1.807) is 14.2 Å². The summed E-state index contributed by atoms with van der Waals surface area (Å²) in [6.07, 6.45) is 0.917. The number of methoxy groups -OCH3 is 2. The Morgan fingerprint density at radius 3 is 2.59 bits per heavy atom. The van der Waals surface area contributed by atoms with E-state index in [0.717, 1.165) is 5.56 Å². The van der Waals surface area contributed by atoms with E-state index in [1.165, 1.54) is 0 Å². The lowest BCUT2D eigenvalue weighted by Crippen LogP contribution is -2.32. The van der Waals surface area contributed by atoms with E-state index in [0.29, 0.717) is 24.3 Å². The first-order chi connectivity index (χ1) is 8.13. The Bertz CT molecular complexity index is 390.